The molecule has 3 heterocycles. The second-order valence-electron chi connectivity index (χ2n) is 6.12. The van der Waals surface area contributed by atoms with Crippen molar-refractivity contribution in [1.82, 2.24) is 25.0 Å². The first-order valence-electron chi connectivity index (χ1n) is 7.82. The largest absolute Gasteiger partial charge is 0.422 e. The number of nitrogens with zero attached hydrogens (tertiary/aromatic N) is 5. The fourth-order valence-corrected chi connectivity index (χ4v) is 2.92. The molecule has 0 aromatic carbocycles. The normalized spacial score (nSPS) is 19.7. The Morgan fingerprint density at radius 3 is 3.00 bits per heavy atom. The monoisotopic (exact) mass is 301 g/mol. The molecule has 1 fully saturated rings. The number of pyridine rings is 1. The topological polar surface area (TPSA) is 58.3 Å². The number of aromatic nitrogens is 3. The Hall–Kier alpha value is -1.79. The average molecular weight is 301 g/mol. The molecule has 6 nitrogen and oxygen atoms in total. The zero-order valence-electron chi connectivity index (χ0n) is 13.3. The van der Waals surface area contributed by atoms with E-state index in [4.69, 9.17) is 4.42 Å². The van der Waals surface area contributed by atoms with Gasteiger partial charge < -0.3 is 9.32 Å². The van der Waals surface area contributed by atoms with Gasteiger partial charge in [-0.3, -0.25) is 9.88 Å². The van der Waals surface area contributed by atoms with E-state index in [1.54, 1.807) is 0 Å². The highest BCUT2D eigenvalue weighted by Crippen LogP contribution is 2.31. The van der Waals surface area contributed by atoms with Crippen LogP contribution in [0.4, 0.5) is 0 Å². The summed E-state index contributed by atoms with van der Waals surface area (Å²) in [5, 5.41) is 8.46. The van der Waals surface area contributed by atoms with Gasteiger partial charge in [-0.2, -0.15) is 0 Å². The summed E-state index contributed by atoms with van der Waals surface area (Å²) < 4.78 is 5.88. The molecular formula is C16H23N5O. The average Bonchev–Trinajstić information content (AvgIpc) is 2.96. The third kappa shape index (κ3) is 3.69. The van der Waals surface area contributed by atoms with Crippen LogP contribution < -0.4 is 0 Å². The first kappa shape index (κ1) is 15.1. The second-order valence-corrected chi connectivity index (χ2v) is 6.12. The van der Waals surface area contributed by atoms with Gasteiger partial charge in [0.05, 0.1) is 12.6 Å². The van der Waals surface area contributed by atoms with Gasteiger partial charge in [0.2, 0.25) is 11.8 Å². The van der Waals surface area contributed by atoms with E-state index in [2.05, 4.69) is 26.1 Å². The molecule has 0 bridgehead atoms. The maximum atomic E-state index is 5.88. The van der Waals surface area contributed by atoms with Gasteiger partial charge >= 0.3 is 0 Å². The highest BCUT2D eigenvalue weighted by molar-refractivity contribution is 5.09. The Kier molecular flexibility index (Phi) is 4.80. The van der Waals surface area contributed by atoms with Crippen LogP contribution in [0.5, 0.6) is 0 Å². The van der Waals surface area contributed by atoms with E-state index < -0.39 is 0 Å². The number of piperidine rings is 1. The Morgan fingerprint density at radius 1 is 1.32 bits per heavy atom. The summed E-state index contributed by atoms with van der Waals surface area (Å²) in [5.74, 6) is 1.44. The second kappa shape index (κ2) is 6.98. The van der Waals surface area contributed by atoms with Gasteiger partial charge in [0.15, 0.2) is 0 Å². The van der Waals surface area contributed by atoms with Gasteiger partial charge in [0.25, 0.3) is 0 Å². The van der Waals surface area contributed by atoms with Crippen LogP contribution in [-0.2, 0) is 13.1 Å². The molecule has 0 N–H and O–H groups in total. The van der Waals surface area contributed by atoms with Gasteiger partial charge in [0, 0.05) is 18.9 Å². The van der Waals surface area contributed by atoms with Gasteiger partial charge in [-0.15, -0.1) is 10.2 Å². The van der Waals surface area contributed by atoms with E-state index in [9.17, 15) is 0 Å². The third-order valence-electron chi connectivity index (χ3n) is 3.94. The van der Waals surface area contributed by atoms with Crippen LogP contribution in [0.25, 0.3) is 0 Å². The summed E-state index contributed by atoms with van der Waals surface area (Å²) in [4.78, 5) is 8.66. The van der Waals surface area contributed by atoms with Crippen LogP contribution in [0.15, 0.2) is 28.9 Å². The van der Waals surface area contributed by atoms with E-state index in [1.807, 2.05) is 37.5 Å². The molecule has 0 amide bonds. The van der Waals surface area contributed by atoms with Crippen LogP contribution in [0.1, 0.15) is 42.6 Å². The van der Waals surface area contributed by atoms with Crippen LogP contribution in [-0.4, -0.2) is 45.6 Å². The lowest BCUT2D eigenvalue weighted by molar-refractivity contribution is 0.115. The lowest BCUT2D eigenvalue weighted by Gasteiger charge is -2.33. The number of hydrogen-bond donors (Lipinski definition) is 0. The SMILES string of the molecule is CN(C)Cc1nnc(C2CCCCN2Cc2cccnc2)o1. The lowest BCUT2D eigenvalue weighted by atomic mass is 10.0. The van der Waals surface area contributed by atoms with Crippen molar-refractivity contribution < 1.29 is 4.42 Å². The summed E-state index contributed by atoms with van der Waals surface area (Å²) in [6.45, 7) is 2.62. The summed E-state index contributed by atoms with van der Waals surface area (Å²) in [6.07, 6.45) is 7.23. The molecule has 0 saturated carbocycles. The molecule has 2 aromatic rings. The third-order valence-corrected chi connectivity index (χ3v) is 3.94. The number of likely N-dealkylation sites (tertiary alicyclic amines) is 1. The molecule has 0 aliphatic carbocycles. The van der Waals surface area contributed by atoms with Crippen molar-refractivity contribution in [2.45, 2.75) is 38.4 Å². The highest BCUT2D eigenvalue weighted by atomic mass is 16.4. The van der Waals surface area contributed by atoms with Crippen LogP contribution in [0.2, 0.25) is 0 Å². The summed E-state index contributed by atoms with van der Waals surface area (Å²) >= 11 is 0. The van der Waals surface area contributed by atoms with Crippen molar-refractivity contribution in [3.8, 4) is 0 Å². The zero-order valence-corrected chi connectivity index (χ0v) is 13.3. The summed E-state index contributed by atoms with van der Waals surface area (Å²) in [6, 6.07) is 4.32. The minimum absolute atomic E-state index is 0.220. The van der Waals surface area contributed by atoms with E-state index >= 15 is 0 Å². The predicted molar refractivity (Wildman–Crippen MR) is 82.9 cm³/mol. The number of hydrogen-bond acceptors (Lipinski definition) is 6. The predicted octanol–water partition coefficient (Wildman–Crippen LogP) is 2.25. The minimum atomic E-state index is 0.220. The molecule has 3 rings (SSSR count). The van der Waals surface area contributed by atoms with Gasteiger partial charge in [0.1, 0.15) is 0 Å². The summed E-state index contributed by atoms with van der Waals surface area (Å²) in [7, 11) is 4.00. The molecule has 0 radical (unpaired) electrons. The smallest absolute Gasteiger partial charge is 0.233 e. The minimum Gasteiger partial charge on any atom is -0.422 e. The molecule has 22 heavy (non-hydrogen) atoms. The van der Waals surface area contributed by atoms with Crippen molar-refractivity contribution in [2.24, 2.45) is 0 Å². The maximum absolute atomic E-state index is 5.88. The van der Waals surface area contributed by atoms with Gasteiger partial charge in [-0.25, -0.2) is 0 Å². The van der Waals surface area contributed by atoms with E-state index in [1.165, 1.54) is 18.4 Å². The van der Waals surface area contributed by atoms with E-state index in [0.29, 0.717) is 12.4 Å². The molecular weight excluding hydrogens is 278 g/mol. The fraction of sp³-hybridized carbons (Fsp3) is 0.562. The van der Waals surface area contributed by atoms with Crippen LogP contribution >= 0.6 is 0 Å². The van der Waals surface area contributed by atoms with Gasteiger partial charge in [-0.1, -0.05) is 12.5 Å². The van der Waals surface area contributed by atoms with E-state index in [-0.39, 0.29) is 6.04 Å². The molecule has 2 aromatic heterocycles. The molecule has 1 aliphatic rings. The highest BCUT2D eigenvalue weighted by Gasteiger charge is 2.28. The lowest BCUT2D eigenvalue weighted by Crippen LogP contribution is -2.33. The number of rotatable bonds is 5. The molecule has 0 spiro atoms. The molecule has 1 saturated heterocycles. The molecule has 6 heteroatoms. The maximum Gasteiger partial charge on any atom is 0.233 e. The molecule has 1 aliphatic heterocycles. The molecule has 1 unspecified atom stereocenters. The van der Waals surface area contributed by atoms with Crippen LogP contribution in [0, 0.1) is 0 Å². The van der Waals surface area contributed by atoms with Crippen molar-refractivity contribution in [1.29, 1.82) is 0 Å². The Morgan fingerprint density at radius 2 is 2.23 bits per heavy atom. The van der Waals surface area contributed by atoms with Crippen molar-refractivity contribution in [2.75, 3.05) is 20.6 Å². The van der Waals surface area contributed by atoms with Crippen molar-refractivity contribution >= 4 is 0 Å². The Balaban J connectivity index is 1.73. The first-order chi connectivity index (χ1) is 10.7. The standard InChI is InChI=1S/C16H23N5O/c1-20(2)12-15-18-19-16(22-15)14-7-3-4-9-21(14)11-13-6-5-8-17-10-13/h5-6,8,10,14H,3-4,7,9,11-12H2,1-2H3. The quantitative estimate of drug-likeness (QED) is 0.844. The fourth-order valence-electron chi connectivity index (χ4n) is 2.92. The molecule has 1 atom stereocenters. The van der Waals surface area contributed by atoms with Crippen molar-refractivity contribution in [3.63, 3.8) is 0 Å². The zero-order chi connectivity index (χ0) is 15.4. The van der Waals surface area contributed by atoms with Gasteiger partial charge in [-0.05, 0) is 45.1 Å². The van der Waals surface area contributed by atoms with Crippen LogP contribution in [0.3, 0.4) is 0 Å². The molecule has 118 valence electrons. The Labute approximate surface area is 131 Å². The van der Waals surface area contributed by atoms with Crippen molar-refractivity contribution in [3.05, 3.63) is 41.9 Å². The summed E-state index contributed by atoms with van der Waals surface area (Å²) in [5.41, 5.74) is 1.22. The Bertz CT molecular complexity index is 583. The van der Waals surface area contributed by atoms with E-state index in [0.717, 1.165) is 25.4 Å². The first-order valence-corrected chi connectivity index (χ1v) is 7.82.